The fraction of sp³-hybridized carbons (Fsp3) is 0.867. The van der Waals surface area contributed by atoms with E-state index in [9.17, 15) is 0 Å². The first-order chi connectivity index (χ1) is 7.09. The molecule has 0 nitrogen and oxygen atoms in total. The minimum atomic E-state index is 0.501. The van der Waals surface area contributed by atoms with Gasteiger partial charge in [-0.25, -0.2) is 0 Å². The first-order valence-electron chi connectivity index (χ1n) is 6.75. The average Bonchev–Trinajstić information content (AvgIpc) is 2.71. The second-order valence-electron chi connectivity index (χ2n) is 5.81. The van der Waals surface area contributed by atoms with Gasteiger partial charge >= 0.3 is 0 Å². The highest BCUT2D eigenvalue weighted by Crippen LogP contribution is 2.44. The maximum absolute atomic E-state index is 2.46. The molecule has 0 amide bonds. The van der Waals surface area contributed by atoms with Gasteiger partial charge in [0.15, 0.2) is 0 Å². The van der Waals surface area contributed by atoms with Crippen molar-refractivity contribution in [3.8, 4) is 0 Å². The summed E-state index contributed by atoms with van der Waals surface area (Å²) in [4.78, 5) is 0. The van der Waals surface area contributed by atoms with Crippen LogP contribution in [-0.2, 0) is 0 Å². The van der Waals surface area contributed by atoms with E-state index in [1.807, 2.05) is 0 Å². The quantitative estimate of drug-likeness (QED) is 0.545. The van der Waals surface area contributed by atoms with E-state index in [4.69, 9.17) is 0 Å². The molecule has 0 radical (unpaired) electrons. The van der Waals surface area contributed by atoms with Gasteiger partial charge in [-0.3, -0.25) is 0 Å². The minimum Gasteiger partial charge on any atom is -0.0883 e. The molecule has 15 heavy (non-hydrogen) atoms. The van der Waals surface area contributed by atoms with E-state index in [-0.39, 0.29) is 0 Å². The molecule has 0 N–H and O–H groups in total. The predicted molar refractivity (Wildman–Crippen MR) is 69.0 cm³/mol. The molecule has 1 rings (SSSR count). The summed E-state index contributed by atoms with van der Waals surface area (Å²) < 4.78 is 0. The van der Waals surface area contributed by atoms with Gasteiger partial charge in [-0.05, 0) is 36.5 Å². The van der Waals surface area contributed by atoms with Crippen molar-refractivity contribution >= 4 is 0 Å². The first kappa shape index (κ1) is 12.8. The number of hydrogen-bond donors (Lipinski definition) is 0. The Balaban J connectivity index is 2.51. The topological polar surface area (TPSA) is 0 Å². The molecule has 1 atom stereocenters. The smallest absolute Gasteiger partial charge is 0.0208 e. The zero-order chi connectivity index (χ0) is 11.3. The fourth-order valence-electron chi connectivity index (χ4n) is 2.76. The van der Waals surface area contributed by atoms with Gasteiger partial charge in [0.1, 0.15) is 0 Å². The predicted octanol–water partition coefficient (Wildman–Crippen LogP) is 5.20. The van der Waals surface area contributed by atoms with Crippen LogP contribution in [0.3, 0.4) is 0 Å². The largest absolute Gasteiger partial charge is 0.0883 e. The maximum Gasteiger partial charge on any atom is -0.0208 e. The third-order valence-corrected chi connectivity index (χ3v) is 4.46. The van der Waals surface area contributed by atoms with Crippen LogP contribution in [0.1, 0.15) is 66.2 Å². The molecule has 1 saturated carbocycles. The lowest BCUT2D eigenvalue weighted by atomic mass is 9.69. The molecule has 0 spiro atoms. The van der Waals surface area contributed by atoms with Crippen molar-refractivity contribution < 1.29 is 0 Å². The highest BCUT2D eigenvalue weighted by Gasteiger charge is 2.34. The molecule has 1 unspecified atom stereocenters. The van der Waals surface area contributed by atoms with Gasteiger partial charge in [0.05, 0.1) is 0 Å². The minimum absolute atomic E-state index is 0.501. The Morgan fingerprint density at radius 2 is 1.87 bits per heavy atom. The highest BCUT2D eigenvalue weighted by molar-refractivity contribution is 4.96. The van der Waals surface area contributed by atoms with Crippen molar-refractivity contribution in [3.63, 3.8) is 0 Å². The van der Waals surface area contributed by atoms with Gasteiger partial charge in [-0.1, -0.05) is 59.1 Å². The summed E-state index contributed by atoms with van der Waals surface area (Å²) in [5, 5.41) is 0. The number of unbranched alkanes of at least 4 members (excludes halogenated alkanes) is 1. The molecule has 0 aromatic heterocycles. The Hall–Kier alpha value is -0.260. The van der Waals surface area contributed by atoms with Crippen LogP contribution in [0, 0.1) is 17.3 Å². The molecule has 0 heteroatoms. The summed E-state index contributed by atoms with van der Waals surface area (Å²) in [5.74, 6) is 1.69. The summed E-state index contributed by atoms with van der Waals surface area (Å²) in [6.45, 7) is 9.56. The number of hydrogen-bond acceptors (Lipinski definition) is 0. The SMILES string of the molecule is CCC/C=C/C(C)C(C)(C)C1CCCC1. The lowest BCUT2D eigenvalue weighted by Crippen LogP contribution is -2.28. The van der Waals surface area contributed by atoms with Crippen molar-refractivity contribution in [2.75, 3.05) is 0 Å². The molecule has 1 aliphatic rings. The van der Waals surface area contributed by atoms with E-state index < -0.39 is 0 Å². The van der Waals surface area contributed by atoms with Gasteiger partial charge in [-0.2, -0.15) is 0 Å². The molecule has 0 aromatic rings. The zero-order valence-corrected chi connectivity index (χ0v) is 11.1. The molecule has 0 bridgehead atoms. The molecule has 0 saturated heterocycles. The van der Waals surface area contributed by atoms with Crippen LogP contribution >= 0.6 is 0 Å². The van der Waals surface area contributed by atoms with Crippen LogP contribution in [0.5, 0.6) is 0 Å². The Bertz CT molecular complexity index is 194. The molecule has 0 aromatic carbocycles. The van der Waals surface area contributed by atoms with Gasteiger partial charge < -0.3 is 0 Å². The van der Waals surface area contributed by atoms with Crippen molar-refractivity contribution in [1.82, 2.24) is 0 Å². The van der Waals surface area contributed by atoms with E-state index in [2.05, 4.69) is 39.8 Å². The van der Waals surface area contributed by atoms with Crippen molar-refractivity contribution in [2.24, 2.45) is 17.3 Å². The average molecular weight is 208 g/mol. The molecular formula is C15H28. The Morgan fingerprint density at radius 1 is 1.27 bits per heavy atom. The summed E-state index contributed by atoms with van der Waals surface area (Å²) in [6, 6.07) is 0. The zero-order valence-electron chi connectivity index (χ0n) is 11.1. The van der Waals surface area contributed by atoms with E-state index in [1.165, 1.54) is 38.5 Å². The summed E-state index contributed by atoms with van der Waals surface area (Å²) in [6.07, 6.45) is 13.2. The standard InChI is InChI=1S/C15H28/c1-5-6-7-10-13(2)15(3,4)14-11-8-9-12-14/h7,10,13-14H,5-6,8-9,11-12H2,1-4H3/b10-7+. The van der Waals surface area contributed by atoms with Crippen LogP contribution in [-0.4, -0.2) is 0 Å². The molecule has 0 aliphatic heterocycles. The van der Waals surface area contributed by atoms with Gasteiger partial charge in [0.2, 0.25) is 0 Å². The second kappa shape index (κ2) is 5.72. The Labute approximate surface area is 96.2 Å². The van der Waals surface area contributed by atoms with Gasteiger partial charge in [0, 0.05) is 0 Å². The molecule has 1 fully saturated rings. The van der Waals surface area contributed by atoms with E-state index in [1.54, 1.807) is 0 Å². The summed E-state index contributed by atoms with van der Waals surface area (Å²) in [5.41, 5.74) is 0.501. The highest BCUT2D eigenvalue weighted by atomic mass is 14.4. The summed E-state index contributed by atoms with van der Waals surface area (Å²) >= 11 is 0. The van der Waals surface area contributed by atoms with Gasteiger partial charge in [-0.15, -0.1) is 0 Å². The van der Waals surface area contributed by atoms with E-state index in [0.29, 0.717) is 5.41 Å². The lowest BCUT2D eigenvalue weighted by molar-refractivity contribution is 0.159. The van der Waals surface area contributed by atoms with Crippen LogP contribution in [0.25, 0.3) is 0 Å². The molecule has 1 aliphatic carbocycles. The van der Waals surface area contributed by atoms with E-state index in [0.717, 1.165) is 11.8 Å². The van der Waals surface area contributed by atoms with Crippen LogP contribution in [0.15, 0.2) is 12.2 Å². The second-order valence-corrected chi connectivity index (χ2v) is 5.81. The lowest BCUT2D eigenvalue weighted by Gasteiger charge is -2.36. The third kappa shape index (κ3) is 3.36. The molecule has 88 valence electrons. The van der Waals surface area contributed by atoms with Crippen molar-refractivity contribution in [1.29, 1.82) is 0 Å². The van der Waals surface area contributed by atoms with Gasteiger partial charge in [0.25, 0.3) is 0 Å². The maximum atomic E-state index is 2.46. The Morgan fingerprint density at radius 3 is 2.40 bits per heavy atom. The monoisotopic (exact) mass is 208 g/mol. The normalized spacial score (nSPS) is 21.3. The fourth-order valence-corrected chi connectivity index (χ4v) is 2.76. The van der Waals surface area contributed by atoms with Crippen LogP contribution in [0.2, 0.25) is 0 Å². The first-order valence-corrected chi connectivity index (χ1v) is 6.75. The van der Waals surface area contributed by atoms with Crippen molar-refractivity contribution in [2.45, 2.75) is 66.2 Å². The van der Waals surface area contributed by atoms with Crippen LogP contribution < -0.4 is 0 Å². The number of allylic oxidation sites excluding steroid dienone is 2. The molecular weight excluding hydrogens is 180 g/mol. The molecule has 0 heterocycles. The third-order valence-electron chi connectivity index (χ3n) is 4.46. The number of rotatable bonds is 5. The van der Waals surface area contributed by atoms with E-state index >= 15 is 0 Å². The van der Waals surface area contributed by atoms with Crippen LogP contribution in [0.4, 0.5) is 0 Å². The van der Waals surface area contributed by atoms with Crippen molar-refractivity contribution in [3.05, 3.63) is 12.2 Å². The summed E-state index contributed by atoms with van der Waals surface area (Å²) in [7, 11) is 0. The Kier molecular flexibility index (Phi) is 4.89.